The molecule has 3 aromatic rings. The molecule has 0 amide bonds. The second kappa shape index (κ2) is 10.1. The zero-order valence-corrected chi connectivity index (χ0v) is 20.9. The topological polar surface area (TPSA) is 59.4 Å². The van der Waals surface area contributed by atoms with Crippen molar-refractivity contribution in [2.45, 2.75) is 53.3 Å². The highest BCUT2D eigenvalue weighted by Gasteiger charge is 2.42. The Bertz CT molecular complexity index is 1270. The Morgan fingerprint density at radius 2 is 1.69 bits per heavy atom. The minimum Gasteiger partial charge on any atom is -0.417 e. The molecule has 1 aliphatic rings. The van der Waals surface area contributed by atoms with Gasteiger partial charge in [-0.1, -0.05) is 26.0 Å². The van der Waals surface area contributed by atoms with E-state index >= 15 is 0 Å². The van der Waals surface area contributed by atoms with Crippen molar-refractivity contribution < 1.29 is 27.1 Å². The van der Waals surface area contributed by atoms with Gasteiger partial charge in [-0.2, -0.15) is 13.2 Å². The molecule has 2 aromatic carbocycles. The lowest BCUT2D eigenvalue weighted by Crippen LogP contribution is -2.44. The average Bonchev–Trinajstić information content (AvgIpc) is 3.20. The van der Waals surface area contributed by atoms with Crippen LogP contribution < -0.4 is 15.0 Å². The van der Waals surface area contributed by atoms with Crippen molar-refractivity contribution in [1.29, 1.82) is 0 Å². The van der Waals surface area contributed by atoms with Gasteiger partial charge in [0.1, 0.15) is 11.3 Å². The summed E-state index contributed by atoms with van der Waals surface area (Å²) >= 11 is 0. The largest absolute Gasteiger partial charge is 0.491 e. The Morgan fingerprint density at radius 3 is 2.25 bits per heavy atom. The number of hydrogen-bond acceptors (Lipinski definition) is 5. The Balaban J connectivity index is 1.91. The number of nitrogens with zero attached hydrogens (tertiary/aromatic N) is 3. The van der Waals surface area contributed by atoms with E-state index in [1.165, 1.54) is 0 Å². The van der Waals surface area contributed by atoms with Crippen LogP contribution in [0.15, 0.2) is 18.2 Å². The standard InChI is InChI=1S/C26H30F4N4O2/c1-5-18-12-17(13-19(6-2)21(18)27)14-34-20-11-15(3)16(4)23(36-24(35)26(28,29)30)22(20)32-25(34)33-9-7-31-8-10-33/h11-13,31H,5-10,14H2,1-4H3. The number of rotatable bonds is 6. The molecule has 36 heavy (non-hydrogen) atoms. The molecule has 2 heterocycles. The number of imidazole rings is 1. The molecule has 6 nitrogen and oxygen atoms in total. The number of aromatic nitrogens is 2. The summed E-state index contributed by atoms with van der Waals surface area (Å²) in [7, 11) is 0. The van der Waals surface area contributed by atoms with Gasteiger partial charge < -0.3 is 19.5 Å². The number of nitrogens with one attached hydrogen (secondary N) is 1. The zero-order valence-electron chi connectivity index (χ0n) is 20.9. The number of halogens is 4. The van der Waals surface area contributed by atoms with Gasteiger partial charge in [0.05, 0.1) is 12.1 Å². The van der Waals surface area contributed by atoms with E-state index in [0.29, 0.717) is 66.2 Å². The van der Waals surface area contributed by atoms with E-state index in [1.54, 1.807) is 13.8 Å². The number of aryl methyl sites for hydroxylation is 3. The van der Waals surface area contributed by atoms with E-state index in [4.69, 9.17) is 9.72 Å². The molecule has 0 unspecified atom stereocenters. The van der Waals surface area contributed by atoms with Crippen LogP contribution in [0.2, 0.25) is 0 Å². The number of anilines is 1. The molecule has 194 valence electrons. The van der Waals surface area contributed by atoms with Gasteiger partial charge in [-0.25, -0.2) is 14.2 Å². The molecule has 0 aliphatic carbocycles. The third-order valence-electron chi connectivity index (χ3n) is 6.70. The van der Waals surface area contributed by atoms with Crippen LogP contribution in [0, 0.1) is 19.7 Å². The van der Waals surface area contributed by atoms with E-state index in [2.05, 4.69) is 10.2 Å². The van der Waals surface area contributed by atoms with Crippen molar-refractivity contribution in [1.82, 2.24) is 14.9 Å². The van der Waals surface area contributed by atoms with Gasteiger partial charge in [0.15, 0.2) is 5.75 Å². The lowest BCUT2D eigenvalue weighted by Gasteiger charge is -2.29. The van der Waals surface area contributed by atoms with Gasteiger partial charge in [-0.15, -0.1) is 0 Å². The number of piperazine rings is 1. The third-order valence-corrected chi connectivity index (χ3v) is 6.70. The zero-order chi connectivity index (χ0) is 26.2. The van der Waals surface area contributed by atoms with Gasteiger partial charge in [-0.3, -0.25) is 0 Å². The number of fused-ring (bicyclic) bond motifs is 1. The van der Waals surface area contributed by atoms with Gasteiger partial charge in [-0.05, 0) is 60.6 Å². The predicted molar refractivity (Wildman–Crippen MR) is 130 cm³/mol. The first-order valence-corrected chi connectivity index (χ1v) is 12.1. The van der Waals surface area contributed by atoms with E-state index in [9.17, 15) is 22.4 Å². The van der Waals surface area contributed by atoms with Crippen molar-refractivity contribution in [3.8, 4) is 5.75 Å². The highest BCUT2D eigenvalue weighted by atomic mass is 19.4. The maximum atomic E-state index is 14.7. The summed E-state index contributed by atoms with van der Waals surface area (Å²) in [5, 5.41) is 3.28. The summed E-state index contributed by atoms with van der Waals surface area (Å²) in [6.07, 6.45) is -4.05. The fourth-order valence-corrected chi connectivity index (χ4v) is 4.58. The molecule has 10 heteroatoms. The normalized spacial score (nSPS) is 14.5. The van der Waals surface area contributed by atoms with Gasteiger partial charge in [0.25, 0.3) is 0 Å². The van der Waals surface area contributed by atoms with Crippen molar-refractivity contribution in [2.24, 2.45) is 0 Å². The molecule has 0 radical (unpaired) electrons. The molecule has 0 saturated carbocycles. The maximum absolute atomic E-state index is 14.7. The minimum absolute atomic E-state index is 0.190. The molecular weight excluding hydrogens is 476 g/mol. The van der Waals surface area contributed by atoms with Crippen LogP contribution in [0.3, 0.4) is 0 Å². The molecule has 0 spiro atoms. The molecule has 1 N–H and O–H groups in total. The molecule has 1 fully saturated rings. The van der Waals surface area contributed by atoms with E-state index in [-0.39, 0.29) is 17.1 Å². The van der Waals surface area contributed by atoms with Crippen LogP contribution in [-0.4, -0.2) is 47.9 Å². The second-order valence-corrected chi connectivity index (χ2v) is 9.07. The smallest absolute Gasteiger partial charge is 0.417 e. The van der Waals surface area contributed by atoms with Crippen LogP contribution in [0.25, 0.3) is 11.0 Å². The summed E-state index contributed by atoms with van der Waals surface area (Å²) in [4.78, 5) is 18.5. The quantitative estimate of drug-likeness (QED) is 0.295. The summed E-state index contributed by atoms with van der Waals surface area (Å²) in [6, 6.07) is 5.50. The van der Waals surface area contributed by atoms with E-state index in [0.717, 1.165) is 18.7 Å². The van der Waals surface area contributed by atoms with Crippen molar-refractivity contribution in [2.75, 3.05) is 31.1 Å². The van der Waals surface area contributed by atoms with Crippen LogP contribution in [0.1, 0.15) is 41.7 Å². The van der Waals surface area contributed by atoms with Crippen LogP contribution in [0.5, 0.6) is 5.75 Å². The third kappa shape index (κ3) is 4.91. The first-order valence-electron chi connectivity index (χ1n) is 12.1. The van der Waals surface area contributed by atoms with Crippen LogP contribution in [0.4, 0.5) is 23.5 Å². The molecule has 1 aromatic heterocycles. The fourth-order valence-electron chi connectivity index (χ4n) is 4.58. The van der Waals surface area contributed by atoms with Gasteiger partial charge >= 0.3 is 12.1 Å². The fraction of sp³-hybridized carbons (Fsp3) is 0.462. The van der Waals surface area contributed by atoms with Gasteiger partial charge in [0, 0.05) is 26.2 Å². The summed E-state index contributed by atoms with van der Waals surface area (Å²) in [6.45, 7) is 10.3. The highest BCUT2D eigenvalue weighted by molar-refractivity contribution is 5.91. The van der Waals surface area contributed by atoms with Crippen LogP contribution in [-0.2, 0) is 24.2 Å². The van der Waals surface area contributed by atoms with E-state index in [1.807, 2.05) is 36.6 Å². The Morgan fingerprint density at radius 1 is 1.08 bits per heavy atom. The van der Waals surface area contributed by atoms with Gasteiger partial charge in [0.2, 0.25) is 5.95 Å². The summed E-state index contributed by atoms with van der Waals surface area (Å²) in [5.74, 6) is -2.10. The van der Waals surface area contributed by atoms with E-state index < -0.39 is 12.1 Å². The molecule has 1 saturated heterocycles. The second-order valence-electron chi connectivity index (χ2n) is 9.07. The highest BCUT2D eigenvalue weighted by Crippen LogP contribution is 2.36. The number of ether oxygens (including phenoxy) is 1. The average molecular weight is 507 g/mol. The Labute approximate surface area is 207 Å². The SMILES string of the molecule is CCc1cc(Cn2c(N3CCNCC3)nc3c(OC(=O)C(F)(F)F)c(C)c(C)cc32)cc(CC)c1F. The molecule has 1 aliphatic heterocycles. The first-order chi connectivity index (χ1) is 17.0. The minimum atomic E-state index is -5.13. The number of carbonyl (C=O) groups excluding carboxylic acids is 1. The molecular formula is C26H30F4N4O2. The monoisotopic (exact) mass is 506 g/mol. The number of esters is 1. The number of alkyl halides is 3. The Kier molecular flexibility index (Phi) is 7.26. The summed E-state index contributed by atoms with van der Waals surface area (Å²) < 4.78 is 60.7. The van der Waals surface area contributed by atoms with Crippen molar-refractivity contribution in [3.63, 3.8) is 0 Å². The lowest BCUT2D eigenvalue weighted by molar-refractivity contribution is -0.189. The van der Waals surface area contributed by atoms with Crippen molar-refractivity contribution in [3.05, 3.63) is 51.8 Å². The summed E-state index contributed by atoms with van der Waals surface area (Å²) in [5.41, 5.74) is 3.93. The van der Waals surface area contributed by atoms with Crippen LogP contribution >= 0.6 is 0 Å². The Hall–Kier alpha value is -3.14. The molecule has 4 rings (SSSR count). The number of hydrogen-bond donors (Lipinski definition) is 1. The molecule has 0 bridgehead atoms. The predicted octanol–water partition coefficient (Wildman–Crippen LogP) is 4.84. The number of carbonyl (C=O) groups is 1. The molecule has 0 atom stereocenters. The lowest BCUT2D eigenvalue weighted by atomic mass is 10.0. The first kappa shape index (κ1) is 25.9. The van der Waals surface area contributed by atoms with Crippen molar-refractivity contribution >= 4 is 23.0 Å². The number of benzene rings is 2. The maximum Gasteiger partial charge on any atom is 0.491 e.